The maximum atomic E-state index is 11.3. The Labute approximate surface area is 75.7 Å². The highest BCUT2D eigenvalue weighted by Gasteiger charge is 2.37. The Balaban J connectivity index is 2.70. The molecule has 2 amide bonds. The van der Waals surface area contributed by atoms with Crippen molar-refractivity contribution in [2.75, 3.05) is 12.8 Å². The number of carbonyl (C=O) groups excluding carboxylic acids is 3. The van der Waals surface area contributed by atoms with E-state index in [4.69, 9.17) is 1.37 Å². The minimum absolute atomic E-state index is 0.146. The summed E-state index contributed by atoms with van der Waals surface area (Å²) in [6.07, 6.45) is 0.971. The lowest BCUT2D eigenvalue weighted by Crippen LogP contribution is -2.32. The van der Waals surface area contributed by atoms with Gasteiger partial charge in [0.05, 0.1) is 11.8 Å². The van der Waals surface area contributed by atoms with Crippen molar-refractivity contribution in [2.24, 2.45) is 0 Å². The normalized spacial score (nSPS) is 24.6. The largest absolute Gasteiger partial charge is 0.301 e. The average molecular weight is 188 g/mol. The molecule has 1 aliphatic rings. The molecule has 1 atom stereocenters. The minimum atomic E-state index is -0.913. The van der Waals surface area contributed by atoms with Crippen LogP contribution in [-0.4, -0.2) is 41.0 Å². The summed E-state index contributed by atoms with van der Waals surface area (Å²) in [6.45, 7) is -0.408. The summed E-state index contributed by atoms with van der Waals surface area (Å²) in [5, 5.41) is -0.369. The average Bonchev–Trinajstić information content (AvgIpc) is 2.31. The second-order valence-electron chi connectivity index (χ2n) is 2.39. The van der Waals surface area contributed by atoms with E-state index in [0.29, 0.717) is 0 Å². The van der Waals surface area contributed by atoms with E-state index in [1.807, 2.05) is 0 Å². The number of amides is 2. The van der Waals surface area contributed by atoms with Crippen LogP contribution in [0.1, 0.15) is 7.79 Å². The first-order chi connectivity index (χ1) is 6.06. The molecule has 0 N–H and O–H groups in total. The summed E-state index contributed by atoms with van der Waals surface area (Å²) >= 11 is 1.29. The van der Waals surface area contributed by atoms with Gasteiger partial charge >= 0.3 is 0 Å². The molecule has 1 aliphatic heterocycles. The molecule has 1 rings (SSSR count). The number of aldehydes is 1. The Bertz CT molecular complexity index is 268. The van der Waals surface area contributed by atoms with Crippen LogP contribution in [0.2, 0.25) is 0 Å². The lowest BCUT2D eigenvalue weighted by Gasteiger charge is -2.09. The number of hydrogen-bond donors (Lipinski definition) is 0. The Hall–Kier alpha value is -0.840. The van der Waals surface area contributed by atoms with Crippen LogP contribution in [0.3, 0.4) is 0 Å². The van der Waals surface area contributed by atoms with Crippen molar-refractivity contribution in [3.05, 3.63) is 0 Å². The highest BCUT2D eigenvalue weighted by molar-refractivity contribution is 8.00. The van der Waals surface area contributed by atoms with Crippen LogP contribution >= 0.6 is 11.8 Å². The standard InChI is InChI=1S/C7H9NO3S/c1-12-5-4-6(10)8(2-3-9)7(5)11/h3,5H,2,4H2,1H3/i3D. The van der Waals surface area contributed by atoms with Crippen molar-refractivity contribution in [1.29, 1.82) is 0 Å². The summed E-state index contributed by atoms with van der Waals surface area (Å²) in [7, 11) is 0. The third kappa shape index (κ3) is 1.50. The summed E-state index contributed by atoms with van der Waals surface area (Å²) in [6, 6.07) is 0. The van der Waals surface area contributed by atoms with E-state index in [9.17, 15) is 14.4 Å². The van der Waals surface area contributed by atoms with Gasteiger partial charge in [-0.2, -0.15) is 11.8 Å². The Morgan fingerprint density at radius 1 is 1.83 bits per heavy atom. The van der Waals surface area contributed by atoms with Crippen LogP contribution < -0.4 is 0 Å². The van der Waals surface area contributed by atoms with Crippen molar-refractivity contribution in [2.45, 2.75) is 11.7 Å². The number of nitrogens with zero attached hydrogens (tertiary/aromatic N) is 1. The summed E-state index contributed by atoms with van der Waals surface area (Å²) in [5.74, 6) is -0.706. The van der Waals surface area contributed by atoms with Gasteiger partial charge in [0.1, 0.15) is 7.63 Å². The Morgan fingerprint density at radius 3 is 2.92 bits per heavy atom. The van der Waals surface area contributed by atoms with Crippen molar-refractivity contribution in [3.63, 3.8) is 0 Å². The third-order valence-electron chi connectivity index (χ3n) is 1.71. The van der Waals surface area contributed by atoms with Crippen molar-refractivity contribution in [1.82, 2.24) is 4.90 Å². The third-order valence-corrected chi connectivity index (χ3v) is 2.65. The molecule has 66 valence electrons. The predicted molar refractivity (Wildman–Crippen MR) is 44.7 cm³/mol. The van der Waals surface area contributed by atoms with Crippen LogP contribution in [0.15, 0.2) is 0 Å². The Morgan fingerprint density at radius 2 is 2.50 bits per heavy atom. The lowest BCUT2D eigenvalue weighted by molar-refractivity contribution is -0.139. The summed E-state index contributed by atoms with van der Waals surface area (Å²) in [4.78, 5) is 33.7. The quantitative estimate of drug-likeness (QED) is 0.450. The molecule has 0 aromatic carbocycles. The van der Waals surface area contributed by atoms with Crippen LogP contribution in [0, 0.1) is 0 Å². The summed E-state index contributed by atoms with van der Waals surface area (Å²) < 4.78 is 6.65. The van der Waals surface area contributed by atoms with Crippen molar-refractivity contribution >= 4 is 29.8 Å². The maximum absolute atomic E-state index is 11.3. The van der Waals surface area contributed by atoms with Gasteiger partial charge in [0, 0.05) is 6.42 Å². The van der Waals surface area contributed by atoms with Gasteiger partial charge in [0.15, 0.2) is 0 Å². The first kappa shape index (κ1) is 7.79. The van der Waals surface area contributed by atoms with Crippen LogP contribution in [0.4, 0.5) is 0 Å². The Kier molecular flexibility index (Phi) is 2.41. The number of carbonyl (C=O) groups is 3. The zero-order chi connectivity index (χ0) is 10.0. The first-order valence-corrected chi connectivity index (χ1v) is 4.71. The second kappa shape index (κ2) is 3.71. The maximum Gasteiger partial charge on any atom is 0.243 e. The second-order valence-corrected chi connectivity index (χ2v) is 3.43. The molecule has 0 saturated carbocycles. The van der Waals surface area contributed by atoms with E-state index in [2.05, 4.69) is 0 Å². The van der Waals surface area contributed by atoms with Gasteiger partial charge in [-0.1, -0.05) is 0 Å². The van der Waals surface area contributed by atoms with Gasteiger partial charge in [-0.25, -0.2) is 0 Å². The number of imide groups is 1. The van der Waals surface area contributed by atoms with Crippen LogP contribution in [0.5, 0.6) is 0 Å². The smallest absolute Gasteiger partial charge is 0.243 e. The van der Waals surface area contributed by atoms with Gasteiger partial charge < -0.3 is 4.79 Å². The predicted octanol–water partition coefficient (Wildman–Crippen LogP) is -0.324. The molecule has 1 fully saturated rings. The van der Waals surface area contributed by atoms with E-state index in [1.54, 1.807) is 6.26 Å². The molecule has 0 spiro atoms. The molecule has 0 radical (unpaired) electrons. The molecule has 12 heavy (non-hydrogen) atoms. The van der Waals surface area contributed by atoms with E-state index < -0.39 is 12.8 Å². The minimum Gasteiger partial charge on any atom is -0.301 e. The fourth-order valence-corrected chi connectivity index (χ4v) is 1.71. The molecule has 0 aromatic rings. The van der Waals surface area contributed by atoms with Crippen molar-refractivity contribution in [3.8, 4) is 0 Å². The fraction of sp³-hybridized carbons (Fsp3) is 0.571. The monoisotopic (exact) mass is 188 g/mol. The topological polar surface area (TPSA) is 54.5 Å². The molecular weight excluding hydrogens is 178 g/mol. The number of rotatable bonds is 3. The van der Waals surface area contributed by atoms with Gasteiger partial charge in [-0.15, -0.1) is 0 Å². The molecule has 1 saturated heterocycles. The number of thioether (sulfide) groups is 1. The number of likely N-dealkylation sites (tertiary alicyclic amines) is 1. The SMILES string of the molecule is [2H]C(=O)CN1C(=O)CC(SC)C1=O. The zero-order valence-electron chi connectivity index (χ0n) is 7.57. The molecule has 4 nitrogen and oxygen atoms in total. The van der Waals surface area contributed by atoms with Gasteiger partial charge in [-0.3, -0.25) is 14.5 Å². The van der Waals surface area contributed by atoms with Crippen LogP contribution in [0.25, 0.3) is 0 Å². The lowest BCUT2D eigenvalue weighted by atomic mass is 10.4. The van der Waals surface area contributed by atoms with Crippen molar-refractivity contribution < 1.29 is 15.8 Å². The highest BCUT2D eigenvalue weighted by Crippen LogP contribution is 2.22. The highest BCUT2D eigenvalue weighted by atomic mass is 32.2. The molecule has 5 heteroatoms. The number of hydrogen-bond acceptors (Lipinski definition) is 4. The van der Waals surface area contributed by atoms with E-state index in [-0.39, 0.29) is 23.5 Å². The van der Waals surface area contributed by atoms with Gasteiger partial charge in [0.25, 0.3) is 0 Å². The molecule has 0 bridgehead atoms. The zero-order valence-corrected chi connectivity index (χ0v) is 7.39. The molecule has 1 unspecified atom stereocenters. The molecular formula is C7H9NO3S. The van der Waals surface area contributed by atoms with E-state index in [1.165, 1.54) is 11.8 Å². The van der Waals surface area contributed by atoms with Crippen LogP contribution in [-0.2, 0) is 14.4 Å². The van der Waals surface area contributed by atoms with Gasteiger partial charge in [0.2, 0.25) is 11.8 Å². The van der Waals surface area contributed by atoms with E-state index >= 15 is 0 Å². The van der Waals surface area contributed by atoms with Gasteiger partial charge in [-0.05, 0) is 6.26 Å². The first-order valence-electron chi connectivity index (χ1n) is 3.92. The molecule has 1 heterocycles. The fourth-order valence-electron chi connectivity index (χ4n) is 1.07. The van der Waals surface area contributed by atoms with E-state index in [0.717, 1.165) is 4.90 Å². The molecule has 0 aromatic heterocycles. The molecule has 0 aliphatic carbocycles. The summed E-state index contributed by atoms with van der Waals surface area (Å²) in [5.41, 5.74) is 0.